The number of rotatable bonds is 10. The molecule has 6 rings (SSSR count). The molecule has 0 aliphatic carbocycles. The van der Waals surface area contributed by atoms with Gasteiger partial charge >= 0.3 is 61.5 Å². The maximum atomic E-state index is 5.05. The first-order valence-corrected chi connectivity index (χ1v) is 32.2. The standard InChI is InChI=1S/2C18H21N6.4ClH.Zn/c2*1-22(13-15-7-5-4-6-8-15)17-11-9-16(10-12-17)20-21-18-23(2)14-19-24(18)3;;;;;/h2*4-12,14H,13H2,1-3H3;4*1H;/q2*+1;;;;;+2/p-4. The summed E-state index contributed by atoms with van der Waals surface area (Å²) in [6.07, 6.45) is 3.41. The van der Waals surface area contributed by atoms with Crippen LogP contribution in [0, 0.1) is 0 Å². The van der Waals surface area contributed by atoms with E-state index >= 15 is 0 Å². The number of benzene rings is 4. The fourth-order valence-electron chi connectivity index (χ4n) is 4.89. The van der Waals surface area contributed by atoms with E-state index in [2.05, 4.69) is 127 Å². The Morgan fingerprint density at radius 3 is 1.15 bits per heavy atom. The fraction of sp³-hybridized carbons (Fsp3) is 0.222. The first kappa shape index (κ1) is 41.5. The normalized spacial score (nSPS) is 11.2. The molecule has 0 spiro atoms. The summed E-state index contributed by atoms with van der Waals surface area (Å²) in [5.74, 6) is 1.39. The van der Waals surface area contributed by atoms with Crippen molar-refractivity contribution in [2.75, 3.05) is 23.9 Å². The first-order chi connectivity index (χ1) is 25.3. The third-order valence-electron chi connectivity index (χ3n) is 7.62. The van der Waals surface area contributed by atoms with Gasteiger partial charge in [-0.1, -0.05) is 70.9 Å². The Labute approximate surface area is 329 Å². The number of hydrogen-bond donors (Lipinski definition) is 0. The summed E-state index contributed by atoms with van der Waals surface area (Å²) in [5.41, 5.74) is 6.48. The summed E-state index contributed by atoms with van der Waals surface area (Å²) in [7, 11) is 28.5. The number of aryl methyl sites for hydroxylation is 4. The summed E-state index contributed by atoms with van der Waals surface area (Å²) in [6.45, 7) is 1.74. The predicted molar refractivity (Wildman–Crippen MR) is 211 cm³/mol. The van der Waals surface area contributed by atoms with E-state index in [9.17, 15) is 0 Å². The van der Waals surface area contributed by atoms with Crippen LogP contribution in [0.25, 0.3) is 0 Å². The fourth-order valence-corrected chi connectivity index (χ4v) is 4.89. The average molecular weight is 850 g/mol. The molecule has 4 aromatic carbocycles. The van der Waals surface area contributed by atoms with E-state index in [0.717, 1.165) is 35.8 Å². The van der Waals surface area contributed by atoms with Crippen LogP contribution in [0.1, 0.15) is 11.1 Å². The minimum absolute atomic E-state index is 0.695. The number of anilines is 2. The van der Waals surface area contributed by atoms with E-state index in [1.165, 1.54) is 11.1 Å². The second kappa shape index (κ2) is 20.3. The molecule has 53 heavy (non-hydrogen) atoms. The molecular formula is C36H42Cl4N12Zn. The third-order valence-corrected chi connectivity index (χ3v) is 7.62. The molecule has 0 aliphatic heterocycles. The van der Waals surface area contributed by atoms with Crippen LogP contribution in [0.2, 0.25) is 0 Å². The van der Waals surface area contributed by atoms with Gasteiger partial charge in [-0.15, -0.1) is 9.36 Å². The molecule has 0 aliphatic rings. The van der Waals surface area contributed by atoms with Crippen molar-refractivity contribution in [1.29, 1.82) is 0 Å². The molecule has 0 unspecified atom stereocenters. The minimum atomic E-state index is -3.36. The van der Waals surface area contributed by atoms with Crippen molar-refractivity contribution in [3.05, 3.63) is 133 Å². The van der Waals surface area contributed by atoms with Gasteiger partial charge in [0.25, 0.3) is 0 Å². The Hall–Kier alpha value is -4.26. The van der Waals surface area contributed by atoms with Crippen LogP contribution in [-0.4, -0.2) is 33.7 Å². The number of hydrogen-bond acceptors (Lipinski definition) is 8. The summed E-state index contributed by atoms with van der Waals surface area (Å²) in [4.78, 5) is 4.41. The van der Waals surface area contributed by atoms with E-state index in [1.807, 2.05) is 73.7 Å². The molecule has 0 bridgehead atoms. The Bertz CT molecular complexity index is 1860. The molecule has 0 radical (unpaired) electrons. The van der Waals surface area contributed by atoms with Gasteiger partial charge in [-0.2, -0.15) is 0 Å². The molecule has 0 N–H and O–H groups in total. The maximum absolute atomic E-state index is 5.05. The van der Waals surface area contributed by atoms with Gasteiger partial charge in [0.15, 0.2) is 0 Å². The van der Waals surface area contributed by atoms with Crippen LogP contribution < -0.4 is 18.9 Å². The number of halogens is 4. The molecule has 276 valence electrons. The summed E-state index contributed by atoms with van der Waals surface area (Å²) in [6, 6.07) is 36.9. The van der Waals surface area contributed by atoms with Gasteiger partial charge in [-0.25, -0.2) is 9.13 Å². The topological polar surface area (TPSA) is 99.3 Å². The number of azo groups is 2. The van der Waals surface area contributed by atoms with Crippen molar-refractivity contribution in [2.45, 2.75) is 13.1 Å². The Morgan fingerprint density at radius 2 is 0.868 bits per heavy atom. The van der Waals surface area contributed by atoms with Crippen LogP contribution in [0.5, 0.6) is 0 Å². The Kier molecular flexibility index (Phi) is 15.9. The van der Waals surface area contributed by atoms with Crippen LogP contribution in [0.3, 0.4) is 0 Å². The van der Waals surface area contributed by atoms with Gasteiger partial charge < -0.3 is 9.80 Å². The number of nitrogens with zero attached hydrogens (tertiary/aromatic N) is 12. The van der Waals surface area contributed by atoms with Gasteiger partial charge in [0, 0.05) is 48.8 Å². The third kappa shape index (κ3) is 14.2. The van der Waals surface area contributed by atoms with Gasteiger partial charge in [0.2, 0.25) is 12.7 Å². The van der Waals surface area contributed by atoms with E-state index in [4.69, 9.17) is 38.8 Å². The molecule has 2 heterocycles. The molecule has 12 nitrogen and oxygen atoms in total. The zero-order valence-electron chi connectivity index (χ0n) is 30.5. The summed E-state index contributed by atoms with van der Waals surface area (Å²) in [5, 5.41) is 25.3. The average Bonchev–Trinajstić information content (AvgIpc) is 3.64. The van der Waals surface area contributed by atoms with Gasteiger partial charge in [-0.05, 0) is 69.9 Å². The van der Waals surface area contributed by atoms with Gasteiger partial charge in [0.1, 0.15) is 0 Å². The zero-order valence-corrected chi connectivity index (χ0v) is 36.5. The molecule has 0 fully saturated rings. The monoisotopic (exact) mass is 846 g/mol. The molecule has 0 saturated carbocycles. The van der Waals surface area contributed by atoms with Crippen molar-refractivity contribution in [1.82, 2.24) is 19.6 Å². The SMILES string of the molecule is CN(Cc1ccccc1)c1ccc(N=Nc2n(C)nc[n+]2C)cc1.CN(Cc1ccccc1)c1ccc(N=Nc2n(C)nc[n+]2C)cc1.[Cl][Zn-2]([Cl])([Cl])[Cl]. The molecule has 0 atom stereocenters. The molecule has 6 aromatic rings. The van der Waals surface area contributed by atoms with E-state index < -0.39 is 10.8 Å². The van der Waals surface area contributed by atoms with Crippen LogP contribution in [0.15, 0.2) is 142 Å². The van der Waals surface area contributed by atoms with E-state index in [-0.39, 0.29) is 0 Å². The second-order valence-corrected chi connectivity index (χ2v) is 39.8. The Balaban J connectivity index is 0.000000210. The van der Waals surface area contributed by atoms with Crippen molar-refractivity contribution in [3.63, 3.8) is 0 Å². The second-order valence-electron chi connectivity index (χ2n) is 12.1. The van der Waals surface area contributed by atoms with Crippen molar-refractivity contribution in [3.8, 4) is 0 Å². The van der Waals surface area contributed by atoms with E-state index in [0.29, 0.717) is 11.9 Å². The molecule has 0 amide bonds. The summed E-state index contributed by atoms with van der Waals surface area (Å²) < 4.78 is 7.02. The van der Waals surface area contributed by atoms with Gasteiger partial charge in [0.05, 0.1) is 39.6 Å². The molecule has 0 saturated heterocycles. The first-order valence-electron chi connectivity index (χ1n) is 16.6. The zero-order chi connectivity index (χ0) is 38.4. The van der Waals surface area contributed by atoms with Gasteiger partial charge in [-0.3, -0.25) is 0 Å². The predicted octanol–water partition coefficient (Wildman–Crippen LogP) is 9.35. The molecule has 2 aromatic heterocycles. The number of aromatic nitrogens is 6. The van der Waals surface area contributed by atoms with Crippen LogP contribution in [0.4, 0.5) is 34.6 Å². The van der Waals surface area contributed by atoms with Crippen molar-refractivity contribution in [2.24, 2.45) is 48.6 Å². The van der Waals surface area contributed by atoms with Crippen LogP contribution >= 0.6 is 38.8 Å². The quantitative estimate of drug-likeness (QED) is 0.0780. The Morgan fingerprint density at radius 1 is 0.547 bits per heavy atom. The van der Waals surface area contributed by atoms with Crippen molar-refractivity contribution >= 4 is 73.4 Å². The van der Waals surface area contributed by atoms with Crippen LogP contribution in [-0.2, 0) is 52.1 Å². The summed E-state index contributed by atoms with van der Waals surface area (Å²) >= 11 is 0. The van der Waals surface area contributed by atoms with E-state index in [1.54, 1.807) is 22.0 Å². The van der Waals surface area contributed by atoms with Crippen molar-refractivity contribution < 1.29 is 19.9 Å². The molecular weight excluding hydrogens is 808 g/mol. The molecule has 17 heteroatoms.